The third kappa shape index (κ3) is 4.65. The summed E-state index contributed by atoms with van der Waals surface area (Å²) in [5.41, 5.74) is 3.21. The number of hydroxylamine groups is 2. The van der Waals surface area contributed by atoms with Gasteiger partial charge in [-0.1, -0.05) is 54.2 Å². The van der Waals surface area contributed by atoms with Crippen molar-refractivity contribution in [3.8, 4) is 5.75 Å². The fourth-order valence-electron chi connectivity index (χ4n) is 4.29. The van der Waals surface area contributed by atoms with Gasteiger partial charge in [0.05, 0.1) is 31.8 Å². The Balaban J connectivity index is 1.80. The number of fused-ring (bicyclic) bond motifs is 1. The summed E-state index contributed by atoms with van der Waals surface area (Å²) in [6.07, 6.45) is 4.57. The van der Waals surface area contributed by atoms with Crippen molar-refractivity contribution >= 4 is 17.7 Å². The summed E-state index contributed by atoms with van der Waals surface area (Å²) in [7, 11) is 1.68. The van der Waals surface area contributed by atoms with Crippen molar-refractivity contribution in [1.82, 2.24) is 10.4 Å². The molecular weight excluding hydrogens is 410 g/mol. The lowest BCUT2D eigenvalue weighted by molar-refractivity contribution is -0.160. The Labute approximate surface area is 187 Å². The molecule has 3 atom stereocenters. The smallest absolute Gasteiger partial charge is 0.198 e. The number of aryl methyl sites for hydroxylation is 1. The minimum Gasteiger partial charge on any atom is -0.496 e. The van der Waals surface area contributed by atoms with Crippen molar-refractivity contribution < 1.29 is 14.7 Å². The van der Waals surface area contributed by atoms with Gasteiger partial charge in [0.1, 0.15) is 5.75 Å². The zero-order chi connectivity index (χ0) is 21.8. The quantitative estimate of drug-likeness (QED) is 0.729. The van der Waals surface area contributed by atoms with Gasteiger partial charge in [0.15, 0.2) is 11.0 Å². The number of thioether (sulfide) groups is 1. The van der Waals surface area contributed by atoms with E-state index in [0.717, 1.165) is 27.5 Å². The number of para-hydroxylation sites is 1. The fraction of sp³-hybridized carbons (Fsp3) is 0.375. The van der Waals surface area contributed by atoms with Crippen LogP contribution in [0.2, 0.25) is 0 Å². The number of nitrogens with zero attached hydrogens (tertiary/aromatic N) is 2. The van der Waals surface area contributed by atoms with E-state index in [9.17, 15) is 5.21 Å². The van der Waals surface area contributed by atoms with E-state index in [-0.39, 0.29) is 18.0 Å². The van der Waals surface area contributed by atoms with Gasteiger partial charge in [0.2, 0.25) is 0 Å². The van der Waals surface area contributed by atoms with Crippen molar-refractivity contribution in [2.75, 3.05) is 26.6 Å². The van der Waals surface area contributed by atoms with Gasteiger partial charge in [-0.3, -0.25) is 5.32 Å². The first-order valence-electron chi connectivity index (χ1n) is 10.5. The number of hydrogen-bond donors (Lipinski definition) is 2. The Morgan fingerprint density at radius 1 is 1.23 bits per heavy atom. The molecule has 2 aliphatic heterocycles. The molecule has 2 aromatic carbocycles. The molecule has 2 heterocycles. The number of rotatable bonds is 5. The summed E-state index contributed by atoms with van der Waals surface area (Å²) < 4.78 is 11.9. The summed E-state index contributed by atoms with van der Waals surface area (Å²) in [6, 6.07) is 15.5. The van der Waals surface area contributed by atoms with Crippen LogP contribution in [0, 0.1) is 12.8 Å². The lowest BCUT2D eigenvalue weighted by Crippen LogP contribution is -2.51. The lowest BCUT2D eigenvalue weighted by Gasteiger charge is -2.40. The first-order valence-corrected chi connectivity index (χ1v) is 11.7. The van der Waals surface area contributed by atoms with Crippen molar-refractivity contribution in [3.05, 3.63) is 76.4 Å². The second-order valence-electron chi connectivity index (χ2n) is 7.77. The summed E-state index contributed by atoms with van der Waals surface area (Å²) in [6.45, 7) is 3.26. The van der Waals surface area contributed by atoms with Crippen LogP contribution in [0.1, 0.15) is 22.7 Å². The van der Waals surface area contributed by atoms with E-state index in [2.05, 4.69) is 29.4 Å². The molecule has 7 heteroatoms. The maximum absolute atomic E-state index is 11.7. The zero-order valence-corrected chi connectivity index (χ0v) is 18.9. The molecule has 0 saturated carbocycles. The molecule has 2 aliphatic rings. The lowest BCUT2D eigenvalue weighted by atomic mass is 9.89. The van der Waals surface area contributed by atoms with Crippen molar-refractivity contribution in [2.45, 2.75) is 25.4 Å². The number of methoxy groups -OCH3 is 1. The van der Waals surface area contributed by atoms with Gasteiger partial charge in [-0.25, -0.2) is 4.99 Å². The molecule has 0 radical (unpaired) electrons. The number of nitrogens with one attached hydrogen (secondary N) is 1. The van der Waals surface area contributed by atoms with Gasteiger partial charge in [0.25, 0.3) is 0 Å². The predicted molar refractivity (Wildman–Crippen MR) is 125 cm³/mol. The van der Waals surface area contributed by atoms with Gasteiger partial charge in [0, 0.05) is 6.54 Å². The molecule has 0 spiro atoms. The number of aliphatic imine (C=N–C) groups is 1. The molecule has 164 valence electrons. The van der Waals surface area contributed by atoms with E-state index in [1.807, 2.05) is 48.7 Å². The molecule has 31 heavy (non-hydrogen) atoms. The highest BCUT2D eigenvalue weighted by molar-refractivity contribution is 8.02. The van der Waals surface area contributed by atoms with Crippen LogP contribution in [-0.4, -0.2) is 48.8 Å². The van der Waals surface area contributed by atoms with Crippen LogP contribution in [0.25, 0.3) is 0 Å². The molecule has 2 N–H and O–H groups in total. The van der Waals surface area contributed by atoms with Gasteiger partial charge in [-0.15, -0.1) is 0 Å². The molecule has 0 saturated heterocycles. The third-order valence-electron chi connectivity index (χ3n) is 5.95. The van der Waals surface area contributed by atoms with Gasteiger partial charge < -0.3 is 14.7 Å². The molecule has 3 unspecified atom stereocenters. The predicted octanol–water partition coefficient (Wildman–Crippen LogP) is 4.16. The van der Waals surface area contributed by atoms with Crippen LogP contribution in [0.15, 0.2) is 64.7 Å². The number of hydrogen-bond acceptors (Lipinski definition) is 7. The highest BCUT2D eigenvalue weighted by Crippen LogP contribution is 2.36. The van der Waals surface area contributed by atoms with Crippen LogP contribution in [0.3, 0.4) is 0 Å². The van der Waals surface area contributed by atoms with Crippen LogP contribution >= 0.6 is 11.8 Å². The Hall–Kier alpha value is -2.32. The summed E-state index contributed by atoms with van der Waals surface area (Å²) in [5, 5.41) is 17.3. The maximum atomic E-state index is 11.7. The van der Waals surface area contributed by atoms with E-state index in [1.165, 1.54) is 16.8 Å². The van der Waals surface area contributed by atoms with Crippen molar-refractivity contribution in [2.24, 2.45) is 10.9 Å². The second kappa shape index (κ2) is 9.87. The summed E-state index contributed by atoms with van der Waals surface area (Å²) in [5.74, 6) is 1.38. The van der Waals surface area contributed by atoms with Crippen LogP contribution < -0.4 is 10.1 Å². The number of benzene rings is 2. The van der Waals surface area contributed by atoms with Gasteiger partial charge >= 0.3 is 0 Å². The van der Waals surface area contributed by atoms with E-state index in [1.54, 1.807) is 7.11 Å². The molecule has 0 amide bonds. The fourth-order valence-corrected chi connectivity index (χ4v) is 4.73. The minimum atomic E-state index is -0.341. The minimum absolute atomic E-state index is 0.106. The number of ether oxygens (including phenoxy) is 2. The molecule has 2 aromatic rings. The van der Waals surface area contributed by atoms with Crippen molar-refractivity contribution in [1.29, 1.82) is 0 Å². The first kappa shape index (κ1) is 21.9. The summed E-state index contributed by atoms with van der Waals surface area (Å²) >= 11 is 1.52. The highest BCUT2D eigenvalue weighted by atomic mass is 32.2. The van der Waals surface area contributed by atoms with Crippen molar-refractivity contribution in [3.63, 3.8) is 0 Å². The van der Waals surface area contributed by atoms with Gasteiger partial charge in [-0.2, -0.15) is 5.06 Å². The van der Waals surface area contributed by atoms with Crippen LogP contribution in [0.5, 0.6) is 5.75 Å². The molecule has 0 bridgehead atoms. The average Bonchev–Trinajstić information content (AvgIpc) is 2.80. The normalized spacial score (nSPS) is 24.2. The molecular formula is C24H29N3O3S. The molecule has 6 nitrogen and oxygen atoms in total. The third-order valence-corrected chi connectivity index (χ3v) is 6.57. The monoisotopic (exact) mass is 439 g/mol. The molecule has 0 aliphatic carbocycles. The largest absolute Gasteiger partial charge is 0.496 e. The highest BCUT2D eigenvalue weighted by Gasteiger charge is 2.39. The Morgan fingerprint density at radius 2 is 2.00 bits per heavy atom. The Bertz CT molecular complexity index is 978. The van der Waals surface area contributed by atoms with E-state index in [4.69, 9.17) is 9.47 Å². The molecule has 0 aromatic heterocycles. The first-order chi connectivity index (χ1) is 15.1. The average molecular weight is 440 g/mol. The Morgan fingerprint density at radius 3 is 2.77 bits per heavy atom. The molecule has 4 rings (SSSR count). The van der Waals surface area contributed by atoms with E-state index >= 15 is 0 Å². The zero-order valence-electron chi connectivity index (χ0n) is 18.1. The summed E-state index contributed by atoms with van der Waals surface area (Å²) in [4.78, 5) is 4.60. The van der Waals surface area contributed by atoms with Crippen LogP contribution in [-0.2, 0) is 11.2 Å². The van der Waals surface area contributed by atoms with E-state index < -0.39 is 0 Å². The van der Waals surface area contributed by atoms with Crippen LogP contribution in [0.4, 0.5) is 0 Å². The standard InChI is InChI=1S/C24H29N3O3S/c1-16-8-4-6-10-18(16)21-13-23(31-3)30-24-19(14-25-15-26-24)20(27(21)28)12-17-9-5-7-11-22(17)29-2/h4-11,13,19-21,25,28H,12,14-15H2,1-3H3. The Kier molecular flexibility index (Phi) is 6.97. The van der Waals surface area contributed by atoms with E-state index in [0.29, 0.717) is 25.5 Å². The topological polar surface area (TPSA) is 66.3 Å². The second-order valence-corrected chi connectivity index (χ2v) is 8.58. The maximum Gasteiger partial charge on any atom is 0.198 e. The molecule has 0 fully saturated rings. The SMILES string of the molecule is COc1ccccc1CC1C2CNCN=C2OC(SC)=CC(c2ccccc2C)N1O. The van der Waals surface area contributed by atoms with Gasteiger partial charge in [-0.05, 0) is 48.4 Å².